The van der Waals surface area contributed by atoms with Crippen molar-refractivity contribution in [2.24, 2.45) is 11.7 Å². The van der Waals surface area contributed by atoms with Gasteiger partial charge in [-0.3, -0.25) is 4.79 Å². The van der Waals surface area contributed by atoms with Gasteiger partial charge in [0, 0.05) is 37.9 Å². The normalized spacial score (nSPS) is 25.6. The van der Waals surface area contributed by atoms with Crippen LogP contribution in [0.5, 0.6) is 5.75 Å². The minimum Gasteiger partial charge on any atom is -0.490 e. The van der Waals surface area contributed by atoms with Crippen molar-refractivity contribution >= 4 is 18.3 Å². The molecule has 0 bridgehead atoms. The molecule has 0 aromatic heterocycles. The van der Waals surface area contributed by atoms with Crippen LogP contribution in [0.1, 0.15) is 32.1 Å². The molecule has 2 N–H and O–H groups in total. The zero-order valence-electron chi connectivity index (χ0n) is 12.8. The number of carbonyl (C=O) groups excluding carboxylic acids is 1. The molecule has 1 heterocycles. The van der Waals surface area contributed by atoms with E-state index in [0.717, 1.165) is 50.9 Å². The molecule has 1 aliphatic heterocycles. The Hall–Kier alpha value is -1.26. The zero-order valence-corrected chi connectivity index (χ0v) is 13.6. The van der Waals surface area contributed by atoms with Gasteiger partial charge in [0.25, 0.3) is 0 Å². The SMILES string of the molecule is Cl.NC1CCC(C(=O)N2CCC(Oc3ccccc3)CC2)C1. The minimum absolute atomic E-state index is 0. The average molecular weight is 325 g/mol. The van der Waals surface area contributed by atoms with Gasteiger partial charge in [0.05, 0.1) is 0 Å². The van der Waals surface area contributed by atoms with Gasteiger partial charge < -0.3 is 15.4 Å². The first kappa shape index (κ1) is 17.1. The Kier molecular flexibility index (Phi) is 6.09. The van der Waals surface area contributed by atoms with Gasteiger partial charge in [-0.05, 0) is 31.4 Å². The maximum Gasteiger partial charge on any atom is 0.225 e. The molecule has 2 aliphatic rings. The largest absolute Gasteiger partial charge is 0.490 e. The highest BCUT2D eigenvalue weighted by Gasteiger charge is 2.33. The van der Waals surface area contributed by atoms with Crippen LogP contribution in [0.25, 0.3) is 0 Å². The number of benzene rings is 1. The highest BCUT2D eigenvalue weighted by Crippen LogP contribution is 2.27. The molecule has 2 unspecified atom stereocenters. The molecule has 2 atom stereocenters. The second-order valence-electron chi connectivity index (χ2n) is 6.23. The molecule has 1 saturated heterocycles. The highest BCUT2D eigenvalue weighted by atomic mass is 35.5. The van der Waals surface area contributed by atoms with E-state index >= 15 is 0 Å². The second-order valence-corrected chi connectivity index (χ2v) is 6.23. The van der Waals surface area contributed by atoms with Crippen LogP contribution in [0.2, 0.25) is 0 Å². The van der Waals surface area contributed by atoms with Crippen molar-refractivity contribution < 1.29 is 9.53 Å². The van der Waals surface area contributed by atoms with Gasteiger partial charge in [-0.1, -0.05) is 18.2 Å². The number of nitrogens with zero attached hydrogens (tertiary/aromatic N) is 1. The summed E-state index contributed by atoms with van der Waals surface area (Å²) in [5.74, 6) is 1.39. The molecule has 0 radical (unpaired) electrons. The second kappa shape index (κ2) is 7.84. The Morgan fingerprint density at radius 3 is 2.36 bits per heavy atom. The standard InChI is InChI=1S/C17H24N2O2.ClH/c18-14-7-6-13(12-14)17(20)19-10-8-16(9-11-19)21-15-4-2-1-3-5-15;/h1-5,13-14,16H,6-12,18H2;1H. The van der Waals surface area contributed by atoms with Crippen LogP contribution in [0.3, 0.4) is 0 Å². The monoisotopic (exact) mass is 324 g/mol. The molecule has 3 rings (SSSR count). The molecule has 1 aromatic rings. The summed E-state index contributed by atoms with van der Waals surface area (Å²) in [5.41, 5.74) is 5.91. The van der Waals surface area contributed by atoms with Gasteiger partial charge in [0.15, 0.2) is 0 Å². The van der Waals surface area contributed by atoms with Crippen LogP contribution in [-0.4, -0.2) is 36.0 Å². The summed E-state index contributed by atoms with van der Waals surface area (Å²) in [6.45, 7) is 1.62. The molecule has 5 heteroatoms. The van der Waals surface area contributed by atoms with Crippen LogP contribution in [0.15, 0.2) is 30.3 Å². The lowest BCUT2D eigenvalue weighted by Gasteiger charge is -2.33. The summed E-state index contributed by atoms with van der Waals surface area (Å²) in [4.78, 5) is 14.4. The Morgan fingerprint density at radius 2 is 1.77 bits per heavy atom. The average Bonchev–Trinajstić information content (AvgIpc) is 2.95. The first-order valence-electron chi connectivity index (χ1n) is 7.98. The molecule has 2 fully saturated rings. The Balaban J connectivity index is 0.00000176. The van der Waals surface area contributed by atoms with E-state index in [4.69, 9.17) is 10.5 Å². The van der Waals surface area contributed by atoms with E-state index < -0.39 is 0 Å². The smallest absolute Gasteiger partial charge is 0.225 e. The summed E-state index contributed by atoms with van der Waals surface area (Å²) in [6, 6.07) is 10.1. The van der Waals surface area contributed by atoms with Gasteiger partial charge in [0.2, 0.25) is 5.91 Å². The number of piperidine rings is 1. The Labute approximate surface area is 138 Å². The summed E-state index contributed by atoms with van der Waals surface area (Å²) < 4.78 is 5.97. The van der Waals surface area contributed by atoms with E-state index in [1.165, 1.54) is 0 Å². The number of nitrogens with two attached hydrogens (primary N) is 1. The molecular formula is C17H25ClN2O2. The van der Waals surface area contributed by atoms with Crippen LogP contribution in [0, 0.1) is 5.92 Å². The van der Waals surface area contributed by atoms with Crippen molar-refractivity contribution in [2.45, 2.75) is 44.2 Å². The molecular weight excluding hydrogens is 300 g/mol. The fraction of sp³-hybridized carbons (Fsp3) is 0.588. The summed E-state index contributed by atoms with van der Waals surface area (Å²) >= 11 is 0. The maximum absolute atomic E-state index is 12.4. The Bertz CT molecular complexity index is 475. The lowest BCUT2D eigenvalue weighted by molar-refractivity contribution is -0.137. The van der Waals surface area contributed by atoms with Gasteiger partial charge in [-0.2, -0.15) is 0 Å². The van der Waals surface area contributed by atoms with Crippen LogP contribution in [-0.2, 0) is 4.79 Å². The molecule has 22 heavy (non-hydrogen) atoms. The molecule has 1 aliphatic carbocycles. The van der Waals surface area contributed by atoms with Gasteiger partial charge >= 0.3 is 0 Å². The van der Waals surface area contributed by atoms with Crippen LogP contribution in [0.4, 0.5) is 0 Å². The molecule has 1 aromatic carbocycles. The van der Waals surface area contributed by atoms with Crippen molar-refractivity contribution in [1.82, 2.24) is 4.90 Å². The fourth-order valence-electron chi connectivity index (χ4n) is 3.38. The van der Waals surface area contributed by atoms with E-state index in [-0.39, 0.29) is 30.5 Å². The molecule has 122 valence electrons. The van der Waals surface area contributed by atoms with Crippen molar-refractivity contribution in [3.8, 4) is 5.75 Å². The van der Waals surface area contributed by atoms with E-state index in [1.54, 1.807) is 0 Å². The summed E-state index contributed by atoms with van der Waals surface area (Å²) in [7, 11) is 0. The van der Waals surface area contributed by atoms with Gasteiger partial charge in [0.1, 0.15) is 11.9 Å². The maximum atomic E-state index is 12.4. The first-order chi connectivity index (χ1) is 10.2. The molecule has 1 amide bonds. The van der Waals surface area contributed by atoms with Crippen LogP contribution < -0.4 is 10.5 Å². The number of amides is 1. The number of para-hydroxylation sites is 1. The predicted octanol–water partition coefficient (Wildman–Crippen LogP) is 2.61. The third-order valence-corrected chi connectivity index (χ3v) is 4.62. The fourth-order valence-corrected chi connectivity index (χ4v) is 3.38. The third-order valence-electron chi connectivity index (χ3n) is 4.62. The van der Waals surface area contributed by atoms with Crippen LogP contribution >= 0.6 is 12.4 Å². The quantitative estimate of drug-likeness (QED) is 0.929. The van der Waals surface area contributed by atoms with E-state index in [1.807, 2.05) is 35.2 Å². The van der Waals surface area contributed by atoms with Gasteiger partial charge in [-0.15, -0.1) is 12.4 Å². The molecule has 1 saturated carbocycles. The van der Waals surface area contributed by atoms with Crippen molar-refractivity contribution in [3.63, 3.8) is 0 Å². The minimum atomic E-state index is 0. The third kappa shape index (κ3) is 4.14. The van der Waals surface area contributed by atoms with E-state index in [0.29, 0.717) is 5.91 Å². The van der Waals surface area contributed by atoms with E-state index in [2.05, 4.69) is 0 Å². The predicted molar refractivity (Wildman–Crippen MR) is 89.2 cm³/mol. The number of ether oxygens (including phenoxy) is 1. The van der Waals surface area contributed by atoms with Crippen molar-refractivity contribution in [3.05, 3.63) is 30.3 Å². The zero-order chi connectivity index (χ0) is 14.7. The van der Waals surface area contributed by atoms with Crippen molar-refractivity contribution in [2.75, 3.05) is 13.1 Å². The highest BCUT2D eigenvalue weighted by molar-refractivity contribution is 5.85. The lowest BCUT2D eigenvalue weighted by atomic mass is 10.0. The Morgan fingerprint density at radius 1 is 1.09 bits per heavy atom. The number of likely N-dealkylation sites (tertiary alicyclic amines) is 1. The number of rotatable bonds is 3. The topological polar surface area (TPSA) is 55.6 Å². The number of hydrogen-bond donors (Lipinski definition) is 1. The molecule has 0 spiro atoms. The first-order valence-corrected chi connectivity index (χ1v) is 7.98. The lowest BCUT2D eigenvalue weighted by Crippen LogP contribution is -2.44. The van der Waals surface area contributed by atoms with E-state index in [9.17, 15) is 4.79 Å². The van der Waals surface area contributed by atoms with Crippen molar-refractivity contribution in [1.29, 1.82) is 0 Å². The molecule has 4 nitrogen and oxygen atoms in total. The summed E-state index contributed by atoms with van der Waals surface area (Å²) in [5, 5.41) is 0. The summed E-state index contributed by atoms with van der Waals surface area (Å²) in [6.07, 6.45) is 4.87. The van der Waals surface area contributed by atoms with Gasteiger partial charge in [-0.25, -0.2) is 0 Å². The number of carbonyl (C=O) groups is 1. The number of halogens is 1. The number of hydrogen-bond acceptors (Lipinski definition) is 3.